The summed E-state index contributed by atoms with van der Waals surface area (Å²) in [6.07, 6.45) is 0. The Morgan fingerprint density at radius 1 is 1.17 bits per heavy atom. The molecule has 0 aromatic carbocycles. The minimum absolute atomic E-state index is 0.173. The number of hydrogen-bond acceptors (Lipinski definition) is 7. The molecule has 10 heteroatoms. The molecule has 1 saturated heterocycles. The monoisotopic (exact) mass is 293 g/mol. The van der Waals surface area contributed by atoms with E-state index >= 15 is 0 Å². The lowest BCUT2D eigenvalue weighted by atomic mass is 10.3. The molecule has 0 N–H and O–H groups in total. The molecule has 0 saturated carbocycles. The number of rotatable bonds is 3. The van der Waals surface area contributed by atoms with E-state index in [1.54, 1.807) is 4.90 Å². The number of halogens is 1. The molecule has 0 amide bonds. The van der Waals surface area contributed by atoms with E-state index in [1.807, 2.05) is 0 Å². The Hall–Kier alpha value is -1.45. The molecule has 0 spiro atoms. The quantitative estimate of drug-likeness (QED) is 0.625. The molecule has 0 unspecified atom stereocenters. The first-order valence-corrected chi connectivity index (χ1v) is 6.15. The van der Waals surface area contributed by atoms with Crippen LogP contribution in [0.5, 0.6) is 0 Å². The standard InChI is InChI=1S/C8H8ClN3O5S/c9-7-5(11(13)14)6(12(15)16)8(18-7)10-1-3-17-4-2-10/h1-4H2. The van der Waals surface area contributed by atoms with E-state index in [0.29, 0.717) is 26.3 Å². The molecule has 2 rings (SSSR count). The SMILES string of the molecule is O=[N+]([O-])c1c(Cl)sc(N2CCOCC2)c1[N+](=O)[O-]. The highest BCUT2D eigenvalue weighted by atomic mass is 35.5. The van der Waals surface area contributed by atoms with Crippen LogP contribution in [0.15, 0.2) is 0 Å². The highest BCUT2D eigenvalue weighted by Crippen LogP contribution is 2.49. The summed E-state index contributed by atoms with van der Waals surface area (Å²) in [4.78, 5) is 21.9. The first-order valence-electron chi connectivity index (χ1n) is 4.96. The molecule has 0 atom stereocenters. The molecule has 1 aromatic heterocycles. The van der Waals surface area contributed by atoms with Crippen molar-refractivity contribution in [2.24, 2.45) is 0 Å². The van der Waals surface area contributed by atoms with Crippen LogP contribution in [0.2, 0.25) is 4.34 Å². The van der Waals surface area contributed by atoms with Crippen LogP contribution in [-0.4, -0.2) is 36.1 Å². The van der Waals surface area contributed by atoms with Crippen molar-refractivity contribution >= 4 is 39.3 Å². The van der Waals surface area contributed by atoms with Gasteiger partial charge in [-0.15, -0.1) is 0 Å². The Bertz CT molecular complexity index is 499. The topological polar surface area (TPSA) is 98.8 Å². The zero-order valence-corrected chi connectivity index (χ0v) is 10.6. The Kier molecular flexibility index (Phi) is 3.64. The lowest BCUT2D eigenvalue weighted by molar-refractivity contribution is -0.421. The summed E-state index contributed by atoms with van der Waals surface area (Å²) < 4.78 is 4.96. The maximum atomic E-state index is 11.0. The first kappa shape index (κ1) is 13.0. The first-order chi connectivity index (χ1) is 8.52. The smallest absolute Gasteiger partial charge is 0.378 e. The van der Waals surface area contributed by atoms with Crippen molar-refractivity contribution in [2.75, 3.05) is 31.2 Å². The molecule has 1 aliphatic rings. The maximum Gasteiger partial charge on any atom is 0.381 e. The van der Waals surface area contributed by atoms with E-state index in [2.05, 4.69) is 0 Å². The Labute approximate surface area is 110 Å². The van der Waals surface area contributed by atoms with E-state index < -0.39 is 21.2 Å². The van der Waals surface area contributed by atoms with Gasteiger partial charge in [0, 0.05) is 13.1 Å². The number of hydrogen-bond donors (Lipinski definition) is 0. The maximum absolute atomic E-state index is 11.0. The second-order valence-electron chi connectivity index (χ2n) is 3.49. The van der Waals surface area contributed by atoms with Crippen molar-refractivity contribution in [3.63, 3.8) is 0 Å². The fourth-order valence-electron chi connectivity index (χ4n) is 1.68. The van der Waals surface area contributed by atoms with Gasteiger partial charge in [0.15, 0.2) is 9.34 Å². The number of ether oxygens (including phenoxy) is 1. The second-order valence-corrected chi connectivity index (χ2v) is 5.09. The van der Waals surface area contributed by atoms with Crippen LogP contribution in [0.3, 0.4) is 0 Å². The fraction of sp³-hybridized carbons (Fsp3) is 0.500. The Morgan fingerprint density at radius 3 is 2.22 bits per heavy atom. The van der Waals surface area contributed by atoms with Gasteiger partial charge in [0.25, 0.3) is 0 Å². The van der Waals surface area contributed by atoms with Gasteiger partial charge in [0.05, 0.1) is 23.1 Å². The number of morpholine rings is 1. The second kappa shape index (κ2) is 5.04. The average Bonchev–Trinajstić information content (AvgIpc) is 2.68. The van der Waals surface area contributed by atoms with Gasteiger partial charge in [-0.1, -0.05) is 22.9 Å². The third kappa shape index (κ3) is 2.24. The van der Waals surface area contributed by atoms with Gasteiger partial charge >= 0.3 is 11.4 Å². The lowest BCUT2D eigenvalue weighted by Crippen LogP contribution is -2.36. The third-order valence-corrected chi connectivity index (χ3v) is 3.89. The van der Waals surface area contributed by atoms with Crippen molar-refractivity contribution < 1.29 is 14.6 Å². The van der Waals surface area contributed by atoms with Gasteiger partial charge in [-0.25, -0.2) is 0 Å². The molecule has 0 radical (unpaired) electrons. The van der Waals surface area contributed by atoms with Crippen molar-refractivity contribution in [3.05, 3.63) is 24.6 Å². The van der Waals surface area contributed by atoms with Crippen LogP contribution in [0, 0.1) is 20.2 Å². The van der Waals surface area contributed by atoms with Crippen LogP contribution < -0.4 is 4.90 Å². The summed E-state index contributed by atoms with van der Waals surface area (Å²) >= 11 is 6.58. The molecular weight excluding hydrogens is 286 g/mol. The largest absolute Gasteiger partial charge is 0.381 e. The lowest BCUT2D eigenvalue weighted by Gasteiger charge is -2.26. The third-order valence-electron chi connectivity index (χ3n) is 2.46. The highest BCUT2D eigenvalue weighted by molar-refractivity contribution is 7.21. The Morgan fingerprint density at radius 2 is 1.72 bits per heavy atom. The predicted molar refractivity (Wildman–Crippen MR) is 65.7 cm³/mol. The van der Waals surface area contributed by atoms with Gasteiger partial charge in [-0.05, 0) is 0 Å². The van der Waals surface area contributed by atoms with Crippen molar-refractivity contribution in [2.45, 2.75) is 0 Å². The number of thiophene rings is 1. The molecule has 1 aliphatic heterocycles. The molecule has 1 aromatic rings. The molecular formula is C8H8ClN3O5S. The highest BCUT2D eigenvalue weighted by Gasteiger charge is 2.38. The van der Waals surface area contributed by atoms with Crippen LogP contribution in [-0.2, 0) is 4.74 Å². The van der Waals surface area contributed by atoms with E-state index in [-0.39, 0.29) is 9.34 Å². The van der Waals surface area contributed by atoms with E-state index in [9.17, 15) is 20.2 Å². The summed E-state index contributed by atoms with van der Waals surface area (Å²) in [5.74, 6) is 0. The molecule has 2 heterocycles. The molecule has 1 fully saturated rings. The Balaban J connectivity index is 2.49. The minimum Gasteiger partial charge on any atom is -0.378 e. The summed E-state index contributed by atoms with van der Waals surface area (Å²) in [6.45, 7) is 1.77. The average molecular weight is 294 g/mol. The van der Waals surface area contributed by atoms with Crippen molar-refractivity contribution in [1.29, 1.82) is 0 Å². The zero-order chi connectivity index (χ0) is 13.3. The summed E-state index contributed by atoms with van der Waals surface area (Å²) in [5.41, 5.74) is -1.16. The molecule has 0 bridgehead atoms. The number of nitrogens with zero attached hydrogens (tertiary/aromatic N) is 3. The summed E-state index contributed by atoms with van der Waals surface area (Å²) in [5, 5.41) is 22.0. The predicted octanol–water partition coefficient (Wildman–Crippen LogP) is 2.05. The summed E-state index contributed by atoms with van der Waals surface area (Å²) in [6, 6.07) is 0. The van der Waals surface area contributed by atoms with Gasteiger partial charge in [-0.2, -0.15) is 0 Å². The number of anilines is 1. The van der Waals surface area contributed by atoms with Gasteiger partial charge in [-0.3, -0.25) is 20.2 Å². The molecule has 8 nitrogen and oxygen atoms in total. The van der Waals surface area contributed by atoms with Crippen molar-refractivity contribution in [3.8, 4) is 0 Å². The molecule has 18 heavy (non-hydrogen) atoms. The van der Waals surface area contributed by atoms with Gasteiger partial charge in [0.2, 0.25) is 0 Å². The minimum atomic E-state index is -0.819. The van der Waals surface area contributed by atoms with Crippen molar-refractivity contribution in [1.82, 2.24) is 0 Å². The van der Waals surface area contributed by atoms with Gasteiger partial charge in [0.1, 0.15) is 0 Å². The number of nitro groups is 2. The van der Waals surface area contributed by atoms with E-state index in [1.165, 1.54) is 0 Å². The fourth-order valence-corrected chi connectivity index (χ4v) is 3.07. The normalized spacial score (nSPS) is 15.7. The van der Waals surface area contributed by atoms with Crippen LogP contribution in [0.1, 0.15) is 0 Å². The molecule has 98 valence electrons. The molecule has 0 aliphatic carbocycles. The van der Waals surface area contributed by atoms with Crippen LogP contribution >= 0.6 is 22.9 Å². The van der Waals surface area contributed by atoms with Crippen LogP contribution in [0.4, 0.5) is 16.4 Å². The van der Waals surface area contributed by atoms with Crippen LogP contribution in [0.25, 0.3) is 0 Å². The van der Waals surface area contributed by atoms with Gasteiger partial charge < -0.3 is 9.64 Å². The zero-order valence-electron chi connectivity index (χ0n) is 9.00. The van der Waals surface area contributed by atoms with E-state index in [0.717, 1.165) is 11.3 Å². The van der Waals surface area contributed by atoms with E-state index in [4.69, 9.17) is 16.3 Å². The summed E-state index contributed by atoms with van der Waals surface area (Å²) in [7, 11) is 0.